The van der Waals surface area contributed by atoms with E-state index in [1.54, 1.807) is 0 Å². The summed E-state index contributed by atoms with van der Waals surface area (Å²) < 4.78 is 22.2. The van der Waals surface area contributed by atoms with Gasteiger partial charge in [-0.1, -0.05) is 57.8 Å². The minimum atomic E-state index is -2.80. The molecule has 0 aromatic carbocycles. The van der Waals surface area contributed by atoms with Gasteiger partial charge in [0.15, 0.2) is 0 Å². The zero-order valence-electron chi connectivity index (χ0n) is 13.2. The lowest BCUT2D eigenvalue weighted by Gasteiger charge is -2.19. The van der Waals surface area contributed by atoms with Crippen molar-refractivity contribution < 1.29 is 8.42 Å². The highest BCUT2D eigenvalue weighted by molar-refractivity contribution is 7.90. The Morgan fingerprint density at radius 2 is 1.30 bits per heavy atom. The molecule has 1 saturated carbocycles. The molecule has 0 heterocycles. The maximum Gasteiger partial charge on any atom is 0.147 e. The molecule has 0 saturated heterocycles. The Kier molecular flexibility index (Phi) is 9.53. The summed E-state index contributed by atoms with van der Waals surface area (Å²) in [7, 11) is -2.80. The topological polar surface area (TPSA) is 46.2 Å². The van der Waals surface area contributed by atoms with E-state index in [0.717, 1.165) is 13.0 Å². The van der Waals surface area contributed by atoms with Crippen LogP contribution in [0.3, 0.4) is 0 Å². The molecule has 0 amide bonds. The van der Waals surface area contributed by atoms with Crippen molar-refractivity contribution in [3.63, 3.8) is 0 Å². The van der Waals surface area contributed by atoms with E-state index in [1.165, 1.54) is 76.9 Å². The fraction of sp³-hybridized carbons (Fsp3) is 1.00. The maximum absolute atomic E-state index is 11.1. The van der Waals surface area contributed by atoms with Gasteiger partial charge >= 0.3 is 0 Å². The van der Waals surface area contributed by atoms with Crippen LogP contribution in [0.1, 0.15) is 77.0 Å². The van der Waals surface area contributed by atoms with Crippen molar-refractivity contribution in [1.82, 2.24) is 5.32 Å². The van der Waals surface area contributed by atoms with Crippen molar-refractivity contribution >= 4 is 9.84 Å². The largest absolute Gasteiger partial charge is 0.314 e. The van der Waals surface area contributed by atoms with Crippen molar-refractivity contribution in [3.8, 4) is 0 Å². The van der Waals surface area contributed by atoms with Gasteiger partial charge in [0.1, 0.15) is 9.84 Å². The summed E-state index contributed by atoms with van der Waals surface area (Å²) in [6.07, 6.45) is 17.0. The Bertz CT molecular complexity index is 315. The Morgan fingerprint density at radius 1 is 0.850 bits per heavy atom. The van der Waals surface area contributed by atoms with Gasteiger partial charge in [-0.2, -0.15) is 0 Å². The van der Waals surface area contributed by atoms with E-state index < -0.39 is 9.84 Å². The second-order valence-corrected chi connectivity index (χ2v) is 8.65. The summed E-state index contributed by atoms with van der Waals surface area (Å²) in [5.74, 6) is 0.312. The summed E-state index contributed by atoms with van der Waals surface area (Å²) in [5.41, 5.74) is 0. The summed E-state index contributed by atoms with van der Waals surface area (Å²) in [4.78, 5) is 0. The number of rotatable bonds is 5. The zero-order chi connectivity index (χ0) is 14.7. The van der Waals surface area contributed by atoms with Gasteiger partial charge < -0.3 is 5.32 Å². The van der Waals surface area contributed by atoms with E-state index in [1.807, 2.05) is 0 Å². The second-order valence-electron chi connectivity index (χ2n) is 6.39. The van der Waals surface area contributed by atoms with Crippen molar-refractivity contribution in [1.29, 1.82) is 0 Å². The van der Waals surface area contributed by atoms with Gasteiger partial charge in [-0.25, -0.2) is 8.42 Å². The minimum absolute atomic E-state index is 0.312. The van der Waals surface area contributed by atoms with Gasteiger partial charge in [0.05, 0.1) is 5.75 Å². The average Bonchev–Trinajstić information content (AvgIpc) is 2.36. The highest BCUT2D eigenvalue weighted by Gasteiger charge is 2.09. The monoisotopic (exact) mass is 303 g/mol. The predicted molar refractivity (Wildman–Crippen MR) is 86.9 cm³/mol. The van der Waals surface area contributed by atoms with Crippen LogP contribution in [0.15, 0.2) is 0 Å². The molecule has 0 bridgehead atoms. The molecule has 0 radical (unpaired) electrons. The number of hydrogen-bond donors (Lipinski definition) is 1. The van der Waals surface area contributed by atoms with Gasteiger partial charge in [0, 0.05) is 12.3 Å². The molecule has 0 unspecified atom stereocenters. The SMILES string of the molecule is CS(=O)(=O)CCCNC1CCCCCCCCCCC1. The molecule has 1 N–H and O–H groups in total. The first-order valence-electron chi connectivity index (χ1n) is 8.49. The third kappa shape index (κ3) is 10.7. The van der Waals surface area contributed by atoms with Crippen molar-refractivity contribution in [2.24, 2.45) is 0 Å². The van der Waals surface area contributed by atoms with Crippen LogP contribution < -0.4 is 5.32 Å². The fourth-order valence-corrected chi connectivity index (χ4v) is 3.68. The minimum Gasteiger partial charge on any atom is -0.314 e. The van der Waals surface area contributed by atoms with Crippen LogP contribution in [0, 0.1) is 0 Å². The highest BCUT2D eigenvalue weighted by atomic mass is 32.2. The Hall–Kier alpha value is -0.0900. The molecule has 0 aromatic rings. The van der Waals surface area contributed by atoms with E-state index in [-0.39, 0.29) is 0 Å². The molecule has 0 atom stereocenters. The van der Waals surface area contributed by atoms with Crippen LogP contribution in [-0.4, -0.2) is 33.0 Å². The standard InChI is InChI=1S/C16H33NO2S/c1-20(18,19)15-11-14-17-16-12-9-7-5-3-2-4-6-8-10-13-16/h16-17H,2-15H2,1H3. The molecule has 4 heteroatoms. The molecule has 20 heavy (non-hydrogen) atoms. The van der Waals surface area contributed by atoms with Crippen LogP contribution in [0.5, 0.6) is 0 Å². The van der Waals surface area contributed by atoms with E-state index >= 15 is 0 Å². The first-order chi connectivity index (χ1) is 9.58. The first-order valence-corrected chi connectivity index (χ1v) is 10.5. The molecule has 1 aliphatic rings. The maximum atomic E-state index is 11.1. The first kappa shape index (κ1) is 18.0. The Balaban J connectivity index is 2.21. The van der Waals surface area contributed by atoms with Crippen LogP contribution in [0.4, 0.5) is 0 Å². The molecular formula is C16H33NO2S. The number of hydrogen-bond acceptors (Lipinski definition) is 3. The van der Waals surface area contributed by atoms with E-state index in [0.29, 0.717) is 11.8 Å². The third-order valence-corrected chi connectivity index (χ3v) is 5.26. The molecule has 0 aliphatic heterocycles. The van der Waals surface area contributed by atoms with E-state index in [9.17, 15) is 8.42 Å². The molecular weight excluding hydrogens is 270 g/mol. The third-order valence-electron chi connectivity index (χ3n) is 4.23. The molecule has 120 valence electrons. The zero-order valence-corrected chi connectivity index (χ0v) is 14.0. The van der Waals surface area contributed by atoms with Crippen molar-refractivity contribution in [3.05, 3.63) is 0 Å². The summed E-state index contributed by atoms with van der Waals surface area (Å²) in [6, 6.07) is 0.606. The molecule has 0 spiro atoms. The number of nitrogens with one attached hydrogen (secondary N) is 1. The van der Waals surface area contributed by atoms with E-state index in [2.05, 4.69) is 5.32 Å². The molecule has 3 nitrogen and oxygen atoms in total. The second kappa shape index (κ2) is 10.6. The fourth-order valence-electron chi connectivity index (χ4n) is 3.01. The summed E-state index contributed by atoms with van der Waals surface area (Å²) >= 11 is 0. The van der Waals surface area contributed by atoms with Gasteiger partial charge in [0.25, 0.3) is 0 Å². The highest BCUT2D eigenvalue weighted by Crippen LogP contribution is 2.16. The lowest BCUT2D eigenvalue weighted by Crippen LogP contribution is -2.31. The van der Waals surface area contributed by atoms with Crippen molar-refractivity contribution in [2.45, 2.75) is 83.1 Å². The van der Waals surface area contributed by atoms with Crippen molar-refractivity contribution in [2.75, 3.05) is 18.6 Å². The summed E-state index contributed by atoms with van der Waals surface area (Å²) in [5, 5.41) is 3.58. The van der Waals surface area contributed by atoms with Crippen LogP contribution in [0.25, 0.3) is 0 Å². The normalized spacial score (nSPS) is 21.1. The molecule has 0 aromatic heterocycles. The van der Waals surface area contributed by atoms with Crippen LogP contribution in [0.2, 0.25) is 0 Å². The Labute approximate surface area is 125 Å². The van der Waals surface area contributed by atoms with Crippen LogP contribution >= 0.6 is 0 Å². The molecule has 1 rings (SSSR count). The average molecular weight is 304 g/mol. The molecule has 1 fully saturated rings. The summed E-state index contributed by atoms with van der Waals surface area (Å²) in [6.45, 7) is 0.845. The van der Waals surface area contributed by atoms with Crippen LogP contribution in [-0.2, 0) is 9.84 Å². The number of sulfone groups is 1. The van der Waals surface area contributed by atoms with Gasteiger partial charge in [-0.3, -0.25) is 0 Å². The van der Waals surface area contributed by atoms with Gasteiger partial charge in [-0.05, 0) is 25.8 Å². The lowest BCUT2D eigenvalue weighted by molar-refractivity contribution is 0.404. The molecule has 1 aliphatic carbocycles. The Morgan fingerprint density at radius 3 is 1.75 bits per heavy atom. The quantitative estimate of drug-likeness (QED) is 0.788. The predicted octanol–water partition coefficient (Wildman–Crippen LogP) is 3.68. The van der Waals surface area contributed by atoms with Gasteiger partial charge in [-0.15, -0.1) is 0 Å². The lowest BCUT2D eigenvalue weighted by atomic mass is 9.98. The smallest absolute Gasteiger partial charge is 0.147 e. The van der Waals surface area contributed by atoms with Gasteiger partial charge in [0.2, 0.25) is 0 Å². The van der Waals surface area contributed by atoms with E-state index in [4.69, 9.17) is 0 Å².